The van der Waals surface area contributed by atoms with Crippen LogP contribution >= 0.6 is 11.6 Å². The van der Waals surface area contributed by atoms with Crippen LogP contribution in [0.2, 0.25) is 5.02 Å². The van der Waals surface area contributed by atoms with E-state index in [9.17, 15) is 4.79 Å². The molecule has 0 saturated heterocycles. The largest absolute Gasteiger partial charge is 0.497 e. The number of amides is 1. The fourth-order valence-electron chi connectivity index (χ4n) is 1.82. The highest BCUT2D eigenvalue weighted by Gasteiger charge is 2.11. The minimum atomic E-state index is -0.427. The summed E-state index contributed by atoms with van der Waals surface area (Å²) in [7, 11) is 1.61. The van der Waals surface area contributed by atoms with E-state index < -0.39 is 6.04 Å². The van der Waals surface area contributed by atoms with E-state index in [0.29, 0.717) is 5.02 Å². The number of methoxy groups -OCH3 is 1. The number of hydrogen-bond donors (Lipinski definition) is 2. The molecule has 2 aromatic carbocycles. The molecule has 1 unspecified atom stereocenters. The van der Waals surface area contributed by atoms with Gasteiger partial charge in [0, 0.05) is 10.7 Å². The van der Waals surface area contributed by atoms with E-state index in [1.807, 2.05) is 36.4 Å². The van der Waals surface area contributed by atoms with Crippen molar-refractivity contribution in [2.24, 2.45) is 5.10 Å². The topological polar surface area (TPSA) is 62.7 Å². The third-order valence-electron chi connectivity index (χ3n) is 3.12. The predicted octanol–water partition coefficient (Wildman–Crippen LogP) is 3.30. The van der Waals surface area contributed by atoms with Crippen LogP contribution in [0.5, 0.6) is 5.75 Å². The van der Waals surface area contributed by atoms with E-state index >= 15 is 0 Å². The lowest BCUT2D eigenvalue weighted by molar-refractivity contribution is -0.121. The molecule has 0 bridgehead atoms. The van der Waals surface area contributed by atoms with Crippen molar-refractivity contribution < 1.29 is 9.53 Å². The van der Waals surface area contributed by atoms with Crippen molar-refractivity contribution in [3.8, 4) is 5.75 Å². The Morgan fingerprint density at radius 3 is 2.43 bits per heavy atom. The molecule has 1 atom stereocenters. The molecule has 6 heteroatoms. The third-order valence-corrected chi connectivity index (χ3v) is 3.38. The molecule has 23 heavy (non-hydrogen) atoms. The number of benzene rings is 2. The fourth-order valence-corrected chi connectivity index (χ4v) is 1.94. The summed E-state index contributed by atoms with van der Waals surface area (Å²) < 4.78 is 5.08. The molecule has 0 aromatic heterocycles. The SMILES string of the molecule is COc1ccc(/C=N/NC(=O)C(C)Nc2ccc(Cl)cc2)cc1. The predicted molar refractivity (Wildman–Crippen MR) is 93.3 cm³/mol. The van der Waals surface area contributed by atoms with Crippen molar-refractivity contribution in [1.82, 2.24) is 5.43 Å². The number of hydrogen-bond acceptors (Lipinski definition) is 4. The maximum atomic E-state index is 12.0. The van der Waals surface area contributed by atoms with Crippen molar-refractivity contribution in [3.63, 3.8) is 0 Å². The van der Waals surface area contributed by atoms with E-state index in [2.05, 4.69) is 15.8 Å². The summed E-state index contributed by atoms with van der Waals surface area (Å²) in [5, 5.41) is 7.67. The van der Waals surface area contributed by atoms with E-state index in [0.717, 1.165) is 17.0 Å². The van der Waals surface area contributed by atoms with Crippen LogP contribution in [0.1, 0.15) is 12.5 Å². The normalized spacial score (nSPS) is 12.0. The Morgan fingerprint density at radius 1 is 1.17 bits per heavy atom. The number of carbonyl (C=O) groups excluding carboxylic acids is 1. The van der Waals surface area contributed by atoms with Crippen molar-refractivity contribution in [2.75, 3.05) is 12.4 Å². The van der Waals surface area contributed by atoms with Crippen LogP contribution in [0.4, 0.5) is 5.69 Å². The number of ether oxygens (including phenoxy) is 1. The molecule has 5 nitrogen and oxygen atoms in total. The van der Waals surface area contributed by atoms with E-state index in [4.69, 9.17) is 16.3 Å². The van der Waals surface area contributed by atoms with Gasteiger partial charge >= 0.3 is 0 Å². The second-order valence-corrected chi connectivity index (χ2v) is 5.32. The molecule has 2 rings (SSSR count). The van der Waals surface area contributed by atoms with Crippen molar-refractivity contribution in [3.05, 3.63) is 59.1 Å². The zero-order valence-electron chi connectivity index (χ0n) is 12.9. The molecule has 0 fully saturated rings. The van der Waals surface area contributed by atoms with Gasteiger partial charge < -0.3 is 10.1 Å². The van der Waals surface area contributed by atoms with Crippen LogP contribution < -0.4 is 15.5 Å². The van der Waals surface area contributed by atoms with Gasteiger partial charge in [0.2, 0.25) is 0 Å². The first kappa shape index (κ1) is 16.8. The molecule has 0 aliphatic rings. The van der Waals surface area contributed by atoms with Gasteiger partial charge in [0.05, 0.1) is 13.3 Å². The summed E-state index contributed by atoms with van der Waals surface area (Å²) >= 11 is 5.82. The second kappa shape index (κ2) is 8.19. The molecule has 0 aliphatic heterocycles. The zero-order chi connectivity index (χ0) is 16.7. The van der Waals surface area contributed by atoms with Gasteiger partial charge in [-0.15, -0.1) is 0 Å². The minimum absolute atomic E-state index is 0.232. The molecule has 0 aliphatic carbocycles. The fraction of sp³-hybridized carbons (Fsp3) is 0.176. The molecule has 0 spiro atoms. The Kier molecular flexibility index (Phi) is 6.00. The summed E-state index contributed by atoms with van der Waals surface area (Å²) in [6.07, 6.45) is 1.58. The Bertz CT molecular complexity index is 669. The van der Waals surface area contributed by atoms with Crippen LogP contribution in [0.25, 0.3) is 0 Å². The van der Waals surface area contributed by atoms with E-state index in [1.165, 1.54) is 0 Å². The lowest BCUT2D eigenvalue weighted by Crippen LogP contribution is -2.34. The first-order valence-electron chi connectivity index (χ1n) is 7.07. The minimum Gasteiger partial charge on any atom is -0.497 e. The monoisotopic (exact) mass is 331 g/mol. The van der Waals surface area contributed by atoms with Crippen molar-refractivity contribution in [2.45, 2.75) is 13.0 Å². The number of hydrazone groups is 1. The summed E-state index contributed by atoms with van der Waals surface area (Å²) in [6, 6.07) is 14.1. The number of nitrogens with one attached hydrogen (secondary N) is 2. The summed E-state index contributed by atoms with van der Waals surface area (Å²) in [4.78, 5) is 12.0. The lowest BCUT2D eigenvalue weighted by atomic mass is 10.2. The number of anilines is 1. The highest BCUT2D eigenvalue weighted by Crippen LogP contribution is 2.14. The first-order chi connectivity index (χ1) is 11.1. The summed E-state index contributed by atoms with van der Waals surface area (Å²) in [5.74, 6) is 0.539. The van der Waals surface area contributed by atoms with Crippen molar-refractivity contribution >= 4 is 29.4 Å². The maximum absolute atomic E-state index is 12.0. The molecule has 0 saturated carbocycles. The van der Waals surface area contributed by atoms with Gasteiger partial charge in [-0.1, -0.05) is 11.6 Å². The van der Waals surface area contributed by atoms with E-state index in [1.54, 1.807) is 32.4 Å². The quantitative estimate of drug-likeness (QED) is 0.630. The highest BCUT2D eigenvalue weighted by atomic mass is 35.5. The van der Waals surface area contributed by atoms with Gasteiger partial charge in [-0.05, 0) is 61.0 Å². The van der Waals surface area contributed by atoms with E-state index in [-0.39, 0.29) is 5.91 Å². The number of rotatable bonds is 6. The number of nitrogens with zero attached hydrogens (tertiary/aromatic N) is 1. The zero-order valence-corrected chi connectivity index (χ0v) is 13.7. The lowest BCUT2D eigenvalue weighted by Gasteiger charge is -2.13. The van der Waals surface area contributed by atoms with Crippen LogP contribution in [0.15, 0.2) is 53.6 Å². The van der Waals surface area contributed by atoms with Gasteiger partial charge in [0.25, 0.3) is 5.91 Å². The van der Waals surface area contributed by atoms with Crippen LogP contribution in [-0.2, 0) is 4.79 Å². The smallest absolute Gasteiger partial charge is 0.262 e. The van der Waals surface area contributed by atoms with Gasteiger partial charge in [0.1, 0.15) is 11.8 Å². The Hall–Kier alpha value is -2.53. The standard InChI is InChI=1S/C17H18ClN3O2/c1-12(20-15-7-5-14(18)6-8-15)17(22)21-19-11-13-3-9-16(23-2)10-4-13/h3-12,20H,1-2H3,(H,21,22)/b19-11+. The average Bonchev–Trinajstić information content (AvgIpc) is 2.57. The van der Waals surface area contributed by atoms with Gasteiger partial charge in [-0.3, -0.25) is 4.79 Å². The van der Waals surface area contributed by atoms with Crippen LogP contribution in [0.3, 0.4) is 0 Å². The molecule has 1 amide bonds. The third kappa shape index (κ3) is 5.30. The molecular weight excluding hydrogens is 314 g/mol. The molecule has 0 radical (unpaired) electrons. The van der Waals surface area contributed by atoms with Gasteiger partial charge in [-0.25, -0.2) is 5.43 Å². The Morgan fingerprint density at radius 2 is 1.83 bits per heavy atom. The number of halogens is 1. The molecule has 120 valence electrons. The second-order valence-electron chi connectivity index (χ2n) is 4.88. The molecule has 0 heterocycles. The summed E-state index contributed by atoms with van der Waals surface area (Å²) in [5.41, 5.74) is 4.18. The van der Waals surface area contributed by atoms with Gasteiger partial charge in [0.15, 0.2) is 0 Å². The highest BCUT2D eigenvalue weighted by molar-refractivity contribution is 6.30. The maximum Gasteiger partial charge on any atom is 0.262 e. The average molecular weight is 332 g/mol. The molecular formula is C17H18ClN3O2. The molecule has 2 N–H and O–H groups in total. The molecule has 2 aromatic rings. The first-order valence-corrected chi connectivity index (χ1v) is 7.45. The van der Waals surface area contributed by atoms with Gasteiger partial charge in [-0.2, -0.15) is 5.10 Å². The Balaban J connectivity index is 1.85. The Labute approximate surface area is 140 Å². The van der Waals surface area contributed by atoms with Crippen LogP contribution in [0, 0.1) is 0 Å². The van der Waals surface area contributed by atoms with Crippen LogP contribution in [-0.4, -0.2) is 25.3 Å². The summed E-state index contributed by atoms with van der Waals surface area (Å²) in [6.45, 7) is 1.76. The van der Waals surface area contributed by atoms with Crippen molar-refractivity contribution in [1.29, 1.82) is 0 Å². The number of carbonyl (C=O) groups is 1.